The molecule has 1 fully saturated rings. The Morgan fingerprint density at radius 1 is 1.70 bits per heavy atom. The van der Waals surface area contributed by atoms with Crippen molar-refractivity contribution in [1.82, 2.24) is 0 Å². The number of ether oxygens (including phenoxy) is 3. The Kier molecular flexibility index (Phi) is 2.50. The molecule has 0 aliphatic carbocycles. The molecule has 1 aliphatic heterocycles. The summed E-state index contributed by atoms with van der Waals surface area (Å²) in [5.41, 5.74) is 0. The Hall–Kier alpha value is -0.770. The summed E-state index contributed by atoms with van der Waals surface area (Å²) in [6, 6.07) is 0. The van der Waals surface area contributed by atoms with Gasteiger partial charge in [0.15, 0.2) is 0 Å². The summed E-state index contributed by atoms with van der Waals surface area (Å²) >= 11 is 0. The lowest BCUT2D eigenvalue weighted by Crippen LogP contribution is -2.11. The van der Waals surface area contributed by atoms with Crippen molar-refractivity contribution in [2.24, 2.45) is 0 Å². The third-order valence-electron chi connectivity index (χ3n) is 1.01. The van der Waals surface area contributed by atoms with E-state index >= 15 is 0 Å². The molecule has 57 valence electrons. The second kappa shape index (κ2) is 3.41. The molecule has 10 heavy (non-hydrogen) atoms. The second-order valence-corrected chi connectivity index (χ2v) is 1.86. The van der Waals surface area contributed by atoms with Gasteiger partial charge in [-0.3, -0.25) is 0 Å². The number of rotatable bonds is 3. The molecule has 4 nitrogen and oxygen atoms in total. The molecular weight excluding hydrogens is 136 g/mol. The van der Waals surface area contributed by atoms with Crippen molar-refractivity contribution in [2.75, 3.05) is 19.8 Å². The maximum Gasteiger partial charge on any atom is 0.508 e. The average molecular weight is 145 g/mol. The molecule has 0 N–H and O–H groups in total. The molecule has 0 spiro atoms. The zero-order chi connectivity index (χ0) is 7.40. The van der Waals surface area contributed by atoms with Crippen LogP contribution < -0.4 is 0 Å². The fourth-order valence-electron chi connectivity index (χ4n) is 0.450. The Bertz CT molecular complexity index is 119. The number of epoxide rings is 1. The standard InChI is InChI=1S/C6H9O4/c1-2-8-6(7)10-4-5-3-9-5/h5H,1-4H2. The van der Waals surface area contributed by atoms with Gasteiger partial charge in [0.25, 0.3) is 0 Å². The highest BCUT2D eigenvalue weighted by Gasteiger charge is 2.24. The van der Waals surface area contributed by atoms with Crippen LogP contribution in [0, 0.1) is 6.92 Å². The van der Waals surface area contributed by atoms with E-state index in [1.54, 1.807) is 0 Å². The molecule has 0 bridgehead atoms. The van der Waals surface area contributed by atoms with E-state index in [2.05, 4.69) is 16.4 Å². The van der Waals surface area contributed by atoms with Gasteiger partial charge in [0.05, 0.1) is 13.2 Å². The number of hydrogen-bond acceptors (Lipinski definition) is 4. The van der Waals surface area contributed by atoms with Gasteiger partial charge in [-0.1, -0.05) is 0 Å². The molecule has 1 rings (SSSR count). The molecule has 1 unspecified atom stereocenters. The van der Waals surface area contributed by atoms with Gasteiger partial charge in [-0.05, 0) is 6.92 Å². The van der Waals surface area contributed by atoms with Crippen molar-refractivity contribution in [1.29, 1.82) is 0 Å². The smallest absolute Gasteiger partial charge is 0.434 e. The first-order chi connectivity index (χ1) is 4.83. The summed E-state index contributed by atoms with van der Waals surface area (Å²) < 4.78 is 13.8. The molecule has 0 aromatic heterocycles. The van der Waals surface area contributed by atoms with E-state index in [4.69, 9.17) is 4.74 Å². The maximum atomic E-state index is 10.4. The molecule has 1 saturated heterocycles. The molecule has 1 heterocycles. The summed E-state index contributed by atoms with van der Waals surface area (Å²) in [6.07, 6.45) is -0.581. The van der Waals surface area contributed by atoms with Crippen molar-refractivity contribution < 1.29 is 19.0 Å². The van der Waals surface area contributed by atoms with Gasteiger partial charge in [0, 0.05) is 0 Å². The first kappa shape index (κ1) is 7.34. The molecule has 0 saturated carbocycles. The largest absolute Gasteiger partial charge is 0.508 e. The van der Waals surface area contributed by atoms with E-state index in [9.17, 15) is 4.79 Å². The number of carbonyl (C=O) groups is 1. The van der Waals surface area contributed by atoms with E-state index in [-0.39, 0.29) is 12.7 Å². The number of hydrogen-bond donors (Lipinski definition) is 0. The van der Waals surface area contributed by atoms with E-state index in [0.717, 1.165) is 0 Å². The molecule has 1 aliphatic rings. The van der Waals surface area contributed by atoms with Gasteiger partial charge in [-0.2, -0.15) is 0 Å². The predicted molar refractivity (Wildman–Crippen MR) is 32.4 cm³/mol. The van der Waals surface area contributed by atoms with Crippen molar-refractivity contribution in [3.8, 4) is 0 Å². The third kappa shape index (κ3) is 2.68. The topological polar surface area (TPSA) is 48.1 Å². The third-order valence-corrected chi connectivity index (χ3v) is 1.01. The van der Waals surface area contributed by atoms with Gasteiger partial charge >= 0.3 is 6.16 Å². The fraction of sp³-hybridized carbons (Fsp3) is 0.667. The van der Waals surface area contributed by atoms with E-state index in [1.165, 1.54) is 0 Å². The summed E-state index contributed by atoms with van der Waals surface area (Å²) in [6.45, 7) is 4.38. The van der Waals surface area contributed by atoms with Crippen LogP contribution in [0.4, 0.5) is 4.79 Å². The van der Waals surface area contributed by atoms with Crippen molar-refractivity contribution in [3.05, 3.63) is 6.92 Å². The first-order valence-corrected chi connectivity index (χ1v) is 3.03. The van der Waals surface area contributed by atoms with Crippen LogP contribution >= 0.6 is 0 Å². The summed E-state index contributed by atoms with van der Waals surface area (Å²) in [4.78, 5) is 10.4. The minimum Gasteiger partial charge on any atom is -0.434 e. The molecule has 0 aromatic rings. The average Bonchev–Trinajstić information content (AvgIpc) is 2.67. The summed E-state index contributed by atoms with van der Waals surface area (Å²) in [7, 11) is 0. The van der Waals surface area contributed by atoms with Gasteiger partial charge in [0.1, 0.15) is 12.7 Å². The second-order valence-electron chi connectivity index (χ2n) is 1.86. The zero-order valence-electron chi connectivity index (χ0n) is 5.54. The van der Waals surface area contributed by atoms with E-state index < -0.39 is 6.16 Å². The van der Waals surface area contributed by atoms with Crippen LogP contribution in [0.3, 0.4) is 0 Å². The van der Waals surface area contributed by atoms with Crippen molar-refractivity contribution >= 4 is 6.16 Å². The lowest BCUT2D eigenvalue weighted by Gasteiger charge is -2.00. The predicted octanol–water partition coefficient (Wildman–Crippen LogP) is 0.372. The van der Waals surface area contributed by atoms with Crippen LogP contribution in [0.25, 0.3) is 0 Å². The Labute approximate surface area is 59.1 Å². The minimum absolute atomic E-state index is 0.0948. The SMILES string of the molecule is [CH2]COC(=O)OCC1CO1. The van der Waals surface area contributed by atoms with E-state index in [0.29, 0.717) is 13.2 Å². The normalized spacial score (nSPS) is 21.9. The lowest BCUT2D eigenvalue weighted by molar-refractivity contribution is 0.0577. The van der Waals surface area contributed by atoms with Crippen LogP contribution in [0.1, 0.15) is 0 Å². The Morgan fingerprint density at radius 3 is 2.90 bits per heavy atom. The van der Waals surface area contributed by atoms with Gasteiger partial charge in [-0.15, -0.1) is 0 Å². The van der Waals surface area contributed by atoms with Crippen LogP contribution in [-0.4, -0.2) is 32.1 Å². The summed E-state index contributed by atoms with van der Waals surface area (Å²) in [5.74, 6) is 0. The molecular formula is C6H9O4. The highest BCUT2D eigenvalue weighted by Crippen LogP contribution is 2.08. The van der Waals surface area contributed by atoms with E-state index in [1.807, 2.05) is 0 Å². The first-order valence-electron chi connectivity index (χ1n) is 3.03. The van der Waals surface area contributed by atoms with Crippen molar-refractivity contribution in [2.45, 2.75) is 6.10 Å². The zero-order valence-corrected chi connectivity index (χ0v) is 5.54. The number of carbonyl (C=O) groups excluding carboxylic acids is 1. The van der Waals surface area contributed by atoms with Crippen LogP contribution in [0.5, 0.6) is 0 Å². The quantitative estimate of drug-likeness (QED) is 0.425. The summed E-state index contributed by atoms with van der Waals surface area (Å²) in [5, 5.41) is 0. The fourth-order valence-corrected chi connectivity index (χ4v) is 0.450. The highest BCUT2D eigenvalue weighted by atomic mass is 16.7. The van der Waals surface area contributed by atoms with Crippen LogP contribution in [0.15, 0.2) is 0 Å². The lowest BCUT2D eigenvalue weighted by atomic mass is 10.5. The maximum absolute atomic E-state index is 10.4. The monoisotopic (exact) mass is 145 g/mol. The van der Waals surface area contributed by atoms with Gasteiger partial charge in [-0.25, -0.2) is 4.79 Å². The molecule has 4 heteroatoms. The van der Waals surface area contributed by atoms with Crippen molar-refractivity contribution in [3.63, 3.8) is 0 Å². The molecule has 0 amide bonds. The van der Waals surface area contributed by atoms with Gasteiger partial charge in [0.2, 0.25) is 0 Å². The molecule has 1 radical (unpaired) electrons. The minimum atomic E-state index is -0.675. The Balaban J connectivity index is 1.94. The molecule has 0 aromatic carbocycles. The van der Waals surface area contributed by atoms with Gasteiger partial charge < -0.3 is 14.2 Å². The highest BCUT2D eigenvalue weighted by molar-refractivity contribution is 5.59. The van der Waals surface area contributed by atoms with Crippen LogP contribution in [-0.2, 0) is 14.2 Å². The molecule has 1 atom stereocenters. The van der Waals surface area contributed by atoms with Crippen LogP contribution in [0.2, 0.25) is 0 Å². The Morgan fingerprint density at radius 2 is 2.40 bits per heavy atom.